The largest absolute Gasteiger partial charge is 0.478 e. The summed E-state index contributed by atoms with van der Waals surface area (Å²) in [6.45, 7) is 1.92. The summed E-state index contributed by atoms with van der Waals surface area (Å²) in [5.41, 5.74) is 0.496. The zero-order chi connectivity index (χ0) is 14.5. The number of carboxylic acid groups (broad SMARTS) is 1. The Morgan fingerprint density at radius 3 is 2.74 bits per heavy atom. The van der Waals surface area contributed by atoms with Gasteiger partial charge in [0.1, 0.15) is 0 Å². The average Bonchev–Trinajstić information content (AvgIpc) is 2.35. The van der Waals surface area contributed by atoms with Crippen LogP contribution < -0.4 is 4.72 Å². The number of carbonyl (C=O) groups is 1. The number of aromatic carboxylic acids is 1. The van der Waals surface area contributed by atoms with Crippen molar-refractivity contribution in [3.8, 4) is 0 Å². The van der Waals surface area contributed by atoms with Crippen LogP contribution in [0.1, 0.15) is 22.8 Å². The summed E-state index contributed by atoms with van der Waals surface area (Å²) in [6, 6.07) is 5.86. The molecule has 106 valence electrons. The minimum absolute atomic E-state index is 0.0676. The van der Waals surface area contributed by atoms with Gasteiger partial charge in [-0.1, -0.05) is 12.1 Å². The van der Waals surface area contributed by atoms with Crippen molar-refractivity contribution in [2.75, 3.05) is 13.7 Å². The lowest BCUT2D eigenvalue weighted by molar-refractivity contribution is 0.0696. The number of ether oxygens (including phenoxy) is 1. The first-order valence-corrected chi connectivity index (χ1v) is 7.31. The van der Waals surface area contributed by atoms with E-state index in [4.69, 9.17) is 9.84 Å². The first kappa shape index (κ1) is 15.6. The Morgan fingerprint density at radius 2 is 2.16 bits per heavy atom. The third-order valence-electron chi connectivity index (χ3n) is 2.52. The number of sulfonamides is 1. The van der Waals surface area contributed by atoms with Crippen LogP contribution in [-0.4, -0.2) is 39.3 Å². The van der Waals surface area contributed by atoms with Crippen LogP contribution >= 0.6 is 0 Å². The molecule has 0 aliphatic rings. The quantitative estimate of drug-likeness (QED) is 0.775. The molecule has 0 amide bonds. The SMILES string of the molecule is COC(C)CNS(=O)(=O)Cc1cccc(C(=O)O)c1. The summed E-state index contributed by atoms with van der Waals surface area (Å²) in [6.07, 6.45) is -0.222. The maximum atomic E-state index is 11.8. The molecular formula is C12H17NO5S. The molecule has 0 heterocycles. The molecule has 0 fully saturated rings. The van der Waals surface area contributed by atoms with Crippen LogP contribution in [0.4, 0.5) is 0 Å². The molecule has 0 aromatic heterocycles. The van der Waals surface area contributed by atoms with Gasteiger partial charge >= 0.3 is 5.97 Å². The predicted octanol–water partition coefficient (Wildman–Crippen LogP) is 0.839. The van der Waals surface area contributed by atoms with Crippen molar-refractivity contribution in [1.82, 2.24) is 4.72 Å². The van der Waals surface area contributed by atoms with Crippen LogP contribution in [0.15, 0.2) is 24.3 Å². The Labute approximate surface area is 112 Å². The van der Waals surface area contributed by atoms with Crippen LogP contribution in [-0.2, 0) is 20.5 Å². The van der Waals surface area contributed by atoms with Gasteiger partial charge in [-0.2, -0.15) is 0 Å². The summed E-state index contributed by atoms with van der Waals surface area (Å²) in [7, 11) is -2.01. The minimum Gasteiger partial charge on any atom is -0.478 e. The molecule has 6 nitrogen and oxygen atoms in total. The molecule has 1 aromatic carbocycles. The topological polar surface area (TPSA) is 92.7 Å². The van der Waals surface area contributed by atoms with Crippen molar-refractivity contribution in [3.05, 3.63) is 35.4 Å². The number of methoxy groups -OCH3 is 1. The van der Waals surface area contributed by atoms with E-state index in [0.717, 1.165) is 0 Å². The van der Waals surface area contributed by atoms with Crippen LogP contribution in [0.2, 0.25) is 0 Å². The molecule has 2 N–H and O–H groups in total. The van der Waals surface area contributed by atoms with Gasteiger partial charge in [-0.15, -0.1) is 0 Å². The molecule has 0 saturated carbocycles. The standard InChI is InChI=1S/C12H17NO5S/c1-9(18-2)7-13-19(16,17)8-10-4-3-5-11(6-10)12(14)15/h3-6,9,13H,7-8H2,1-2H3,(H,14,15). The average molecular weight is 287 g/mol. The first-order valence-electron chi connectivity index (χ1n) is 5.66. The molecule has 7 heteroatoms. The smallest absolute Gasteiger partial charge is 0.335 e. The van der Waals surface area contributed by atoms with Gasteiger partial charge in [0, 0.05) is 13.7 Å². The lowest BCUT2D eigenvalue weighted by atomic mass is 10.1. The highest BCUT2D eigenvalue weighted by Crippen LogP contribution is 2.09. The van der Waals surface area contributed by atoms with Gasteiger partial charge in [-0.3, -0.25) is 0 Å². The van der Waals surface area contributed by atoms with Crippen LogP contribution in [0, 0.1) is 0 Å². The van der Waals surface area contributed by atoms with Crippen molar-refractivity contribution in [2.24, 2.45) is 0 Å². The molecule has 1 atom stereocenters. The normalized spacial score (nSPS) is 13.2. The van der Waals surface area contributed by atoms with E-state index in [1.165, 1.54) is 25.3 Å². The Morgan fingerprint density at radius 1 is 1.47 bits per heavy atom. The van der Waals surface area contributed by atoms with E-state index in [2.05, 4.69) is 4.72 Å². The molecule has 0 aliphatic carbocycles. The van der Waals surface area contributed by atoms with Gasteiger partial charge in [-0.25, -0.2) is 17.9 Å². The first-order chi connectivity index (χ1) is 8.84. The molecule has 0 bridgehead atoms. The zero-order valence-electron chi connectivity index (χ0n) is 10.8. The number of benzene rings is 1. The van der Waals surface area contributed by atoms with Crippen molar-refractivity contribution in [3.63, 3.8) is 0 Å². The second-order valence-electron chi connectivity index (χ2n) is 4.16. The molecule has 1 aromatic rings. The monoisotopic (exact) mass is 287 g/mol. The van der Waals surface area contributed by atoms with E-state index in [9.17, 15) is 13.2 Å². The number of nitrogens with one attached hydrogen (secondary N) is 1. The fourth-order valence-electron chi connectivity index (χ4n) is 1.39. The van der Waals surface area contributed by atoms with E-state index >= 15 is 0 Å². The van der Waals surface area contributed by atoms with E-state index in [-0.39, 0.29) is 24.0 Å². The van der Waals surface area contributed by atoms with Gasteiger partial charge < -0.3 is 9.84 Å². The summed E-state index contributed by atoms with van der Waals surface area (Å²) in [4.78, 5) is 10.8. The molecule has 0 spiro atoms. The molecule has 0 radical (unpaired) electrons. The number of carboxylic acids is 1. The molecule has 19 heavy (non-hydrogen) atoms. The Hall–Kier alpha value is -1.44. The van der Waals surface area contributed by atoms with Crippen molar-refractivity contribution in [2.45, 2.75) is 18.8 Å². The van der Waals surface area contributed by atoms with E-state index < -0.39 is 16.0 Å². The summed E-state index contributed by atoms with van der Waals surface area (Å²) in [5.74, 6) is -1.34. The lowest BCUT2D eigenvalue weighted by Gasteiger charge is -2.11. The highest BCUT2D eigenvalue weighted by atomic mass is 32.2. The molecule has 0 aliphatic heterocycles. The second-order valence-corrected chi connectivity index (χ2v) is 5.97. The van der Waals surface area contributed by atoms with E-state index in [1.807, 2.05) is 0 Å². The van der Waals surface area contributed by atoms with Gasteiger partial charge in [0.05, 0.1) is 17.4 Å². The Kier molecular flexibility index (Phi) is 5.46. The van der Waals surface area contributed by atoms with Crippen molar-refractivity contribution < 1.29 is 23.1 Å². The van der Waals surface area contributed by atoms with Gasteiger partial charge in [-0.05, 0) is 24.6 Å². The number of hydrogen-bond donors (Lipinski definition) is 2. The Bertz CT molecular complexity index is 541. The van der Waals surface area contributed by atoms with Crippen LogP contribution in [0.25, 0.3) is 0 Å². The zero-order valence-corrected chi connectivity index (χ0v) is 11.6. The maximum Gasteiger partial charge on any atom is 0.335 e. The summed E-state index contributed by atoms with van der Waals surface area (Å²) < 4.78 is 30.9. The van der Waals surface area contributed by atoms with E-state index in [1.54, 1.807) is 13.0 Å². The van der Waals surface area contributed by atoms with Crippen LogP contribution in [0.3, 0.4) is 0 Å². The summed E-state index contributed by atoms with van der Waals surface area (Å²) in [5, 5.41) is 8.83. The maximum absolute atomic E-state index is 11.8. The molecule has 1 unspecified atom stereocenters. The van der Waals surface area contributed by atoms with Crippen molar-refractivity contribution >= 4 is 16.0 Å². The highest BCUT2D eigenvalue weighted by molar-refractivity contribution is 7.88. The fourth-order valence-corrected chi connectivity index (χ4v) is 2.60. The molecule has 0 saturated heterocycles. The Balaban J connectivity index is 2.72. The fraction of sp³-hybridized carbons (Fsp3) is 0.417. The summed E-state index contributed by atoms with van der Waals surface area (Å²) >= 11 is 0. The third kappa shape index (κ3) is 5.37. The predicted molar refractivity (Wildman–Crippen MR) is 70.5 cm³/mol. The molecular weight excluding hydrogens is 270 g/mol. The van der Waals surface area contributed by atoms with E-state index in [0.29, 0.717) is 5.56 Å². The lowest BCUT2D eigenvalue weighted by Crippen LogP contribution is -2.32. The van der Waals surface area contributed by atoms with Gasteiger partial charge in [0.15, 0.2) is 0 Å². The number of rotatable bonds is 7. The van der Waals surface area contributed by atoms with Gasteiger partial charge in [0.2, 0.25) is 10.0 Å². The second kappa shape index (κ2) is 6.65. The highest BCUT2D eigenvalue weighted by Gasteiger charge is 2.14. The van der Waals surface area contributed by atoms with Gasteiger partial charge in [0.25, 0.3) is 0 Å². The minimum atomic E-state index is -3.51. The number of hydrogen-bond acceptors (Lipinski definition) is 4. The third-order valence-corrected chi connectivity index (χ3v) is 3.84. The van der Waals surface area contributed by atoms with Crippen molar-refractivity contribution in [1.29, 1.82) is 0 Å². The molecule has 1 rings (SSSR count). The van der Waals surface area contributed by atoms with Crippen LogP contribution in [0.5, 0.6) is 0 Å².